The average Bonchev–Trinajstić information content (AvgIpc) is 2.45. The molecule has 128 valence electrons. The Morgan fingerprint density at radius 3 is 2.33 bits per heavy atom. The predicted octanol–water partition coefficient (Wildman–Crippen LogP) is 4.79. The smallest absolute Gasteiger partial charge is 0.246 e. The van der Waals surface area contributed by atoms with Gasteiger partial charge in [-0.25, -0.2) is 5.43 Å². The van der Waals surface area contributed by atoms with Crippen LogP contribution in [0, 0.1) is 22.2 Å². The zero-order valence-electron chi connectivity index (χ0n) is 14.4. The molecule has 3 nitrogen and oxygen atoms in total. The van der Waals surface area contributed by atoms with Crippen molar-refractivity contribution in [2.24, 2.45) is 27.3 Å². The van der Waals surface area contributed by atoms with Crippen LogP contribution in [0.4, 0.5) is 0 Å². The van der Waals surface area contributed by atoms with E-state index in [0.717, 1.165) is 24.8 Å². The lowest BCUT2D eigenvalue weighted by Gasteiger charge is -2.64. The van der Waals surface area contributed by atoms with Crippen LogP contribution in [0.3, 0.4) is 0 Å². The quantitative estimate of drug-likeness (QED) is 0.621. The molecule has 4 aliphatic carbocycles. The number of rotatable bonds is 3. The van der Waals surface area contributed by atoms with Gasteiger partial charge in [-0.3, -0.25) is 4.79 Å². The topological polar surface area (TPSA) is 41.5 Å². The van der Waals surface area contributed by atoms with Gasteiger partial charge in [0.15, 0.2) is 0 Å². The fourth-order valence-electron chi connectivity index (χ4n) is 6.53. The van der Waals surface area contributed by atoms with Crippen LogP contribution in [-0.4, -0.2) is 12.1 Å². The van der Waals surface area contributed by atoms with E-state index in [4.69, 9.17) is 11.6 Å². The number of benzene rings is 1. The SMILES string of the molecule is CC12CC3CC(C)(C1)CC(C(=O)N/N=C/c1ccc(Cl)cc1)(C3)C2. The van der Waals surface area contributed by atoms with E-state index in [0.29, 0.717) is 21.8 Å². The number of nitrogens with one attached hydrogen (secondary N) is 1. The number of carbonyl (C=O) groups is 1. The standard InChI is InChI=1S/C20H25ClN2O/c1-18-7-15-8-19(2,11-18)13-20(9-15,12-18)17(24)23-22-10-14-3-5-16(21)6-4-14/h3-6,10,15H,7-9,11-13H2,1-2H3,(H,23,24)/b22-10+. The molecule has 0 aliphatic heterocycles. The Labute approximate surface area is 148 Å². The largest absolute Gasteiger partial charge is 0.273 e. The zero-order valence-corrected chi connectivity index (χ0v) is 15.2. The molecule has 4 bridgehead atoms. The fraction of sp³-hybridized carbons (Fsp3) is 0.600. The molecule has 1 aromatic rings. The van der Waals surface area contributed by atoms with Gasteiger partial charge in [0, 0.05) is 5.02 Å². The summed E-state index contributed by atoms with van der Waals surface area (Å²) in [6.07, 6.45) is 8.65. The third-order valence-corrected chi connectivity index (χ3v) is 6.61. The lowest BCUT2D eigenvalue weighted by molar-refractivity contribution is -0.170. The number of hydrogen-bond acceptors (Lipinski definition) is 2. The highest BCUT2D eigenvalue weighted by molar-refractivity contribution is 6.30. The van der Waals surface area contributed by atoms with Crippen LogP contribution in [-0.2, 0) is 4.79 Å². The number of halogens is 1. The Kier molecular flexibility index (Phi) is 3.58. The van der Waals surface area contributed by atoms with Gasteiger partial charge in [-0.1, -0.05) is 37.6 Å². The molecule has 4 heteroatoms. The van der Waals surface area contributed by atoms with Crippen LogP contribution in [0.5, 0.6) is 0 Å². The minimum Gasteiger partial charge on any atom is -0.273 e. The number of nitrogens with zero attached hydrogens (tertiary/aromatic N) is 1. The molecular weight excluding hydrogens is 320 g/mol. The second-order valence-corrected chi connectivity index (χ2v) is 9.60. The van der Waals surface area contributed by atoms with Gasteiger partial charge in [0.25, 0.3) is 0 Å². The number of hydrogen-bond donors (Lipinski definition) is 1. The Morgan fingerprint density at radius 1 is 1.12 bits per heavy atom. The first-order chi connectivity index (χ1) is 11.3. The third-order valence-electron chi connectivity index (χ3n) is 6.36. The van der Waals surface area contributed by atoms with E-state index < -0.39 is 0 Å². The minimum absolute atomic E-state index is 0.120. The van der Waals surface area contributed by atoms with E-state index in [1.165, 1.54) is 19.3 Å². The van der Waals surface area contributed by atoms with Crippen LogP contribution < -0.4 is 5.43 Å². The Bertz CT molecular complexity index is 678. The Morgan fingerprint density at radius 2 is 1.75 bits per heavy atom. The summed E-state index contributed by atoms with van der Waals surface area (Å²) >= 11 is 5.88. The summed E-state index contributed by atoms with van der Waals surface area (Å²) in [5, 5.41) is 4.91. The number of amides is 1. The molecule has 1 aromatic carbocycles. The highest BCUT2D eigenvalue weighted by Gasteiger charge is 2.62. The van der Waals surface area contributed by atoms with Gasteiger partial charge in [0.05, 0.1) is 11.6 Å². The van der Waals surface area contributed by atoms with Crippen LogP contribution >= 0.6 is 11.6 Å². The van der Waals surface area contributed by atoms with Gasteiger partial charge in [-0.05, 0) is 73.0 Å². The van der Waals surface area contributed by atoms with E-state index in [2.05, 4.69) is 24.4 Å². The van der Waals surface area contributed by atoms with Crippen molar-refractivity contribution in [1.82, 2.24) is 5.43 Å². The van der Waals surface area contributed by atoms with Crippen molar-refractivity contribution in [3.63, 3.8) is 0 Å². The number of carbonyl (C=O) groups excluding carboxylic acids is 1. The van der Waals surface area contributed by atoms with Gasteiger partial charge in [0.2, 0.25) is 5.91 Å². The second kappa shape index (κ2) is 5.32. The van der Waals surface area contributed by atoms with Gasteiger partial charge < -0.3 is 0 Å². The van der Waals surface area contributed by atoms with Crippen molar-refractivity contribution < 1.29 is 4.79 Å². The lowest BCUT2D eigenvalue weighted by atomic mass is 9.40. The molecule has 0 aromatic heterocycles. The molecule has 2 unspecified atom stereocenters. The summed E-state index contributed by atoms with van der Waals surface area (Å²) in [6, 6.07) is 7.44. The first kappa shape index (κ1) is 16.1. The highest BCUT2D eigenvalue weighted by atomic mass is 35.5. The molecule has 4 fully saturated rings. The maximum atomic E-state index is 13.0. The summed E-state index contributed by atoms with van der Waals surface area (Å²) in [4.78, 5) is 13.0. The lowest BCUT2D eigenvalue weighted by Crippen LogP contribution is -2.59. The van der Waals surface area contributed by atoms with Crippen molar-refractivity contribution in [2.75, 3.05) is 0 Å². The molecule has 2 atom stereocenters. The maximum Gasteiger partial charge on any atom is 0.246 e. The molecule has 1 N–H and O–H groups in total. The monoisotopic (exact) mass is 344 g/mol. The second-order valence-electron chi connectivity index (χ2n) is 9.16. The fourth-order valence-corrected chi connectivity index (χ4v) is 6.66. The van der Waals surface area contributed by atoms with Crippen molar-refractivity contribution in [3.8, 4) is 0 Å². The van der Waals surface area contributed by atoms with Crippen LogP contribution in [0.15, 0.2) is 29.4 Å². The molecule has 0 spiro atoms. The van der Waals surface area contributed by atoms with E-state index in [-0.39, 0.29) is 11.3 Å². The van der Waals surface area contributed by atoms with E-state index >= 15 is 0 Å². The van der Waals surface area contributed by atoms with Crippen molar-refractivity contribution in [1.29, 1.82) is 0 Å². The van der Waals surface area contributed by atoms with Crippen LogP contribution in [0.25, 0.3) is 0 Å². The van der Waals surface area contributed by atoms with Gasteiger partial charge in [0.1, 0.15) is 0 Å². The maximum absolute atomic E-state index is 13.0. The molecule has 0 heterocycles. The summed E-state index contributed by atoms with van der Waals surface area (Å²) in [5.41, 5.74) is 4.24. The summed E-state index contributed by atoms with van der Waals surface area (Å²) in [6.45, 7) is 4.77. The van der Waals surface area contributed by atoms with Gasteiger partial charge >= 0.3 is 0 Å². The van der Waals surface area contributed by atoms with Crippen molar-refractivity contribution in [2.45, 2.75) is 52.4 Å². The van der Waals surface area contributed by atoms with E-state index in [1.807, 2.05) is 24.3 Å². The molecule has 1 amide bonds. The van der Waals surface area contributed by atoms with Gasteiger partial charge in [-0.15, -0.1) is 0 Å². The molecule has 5 rings (SSSR count). The summed E-state index contributed by atoms with van der Waals surface area (Å²) < 4.78 is 0. The average molecular weight is 345 g/mol. The predicted molar refractivity (Wildman–Crippen MR) is 97.0 cm³/mol. The van der Waals surface area contributed by atoms with Crippen LogP contribution in [0.1, 0.15) is 57.9 Å². The van der Waals surface area contributed by atoms with Crippen LogP contribution in [0.2, 0.25) is 5.02 Å². The van der Waals surface area contributed by atoms with Gasteiger partial charge in [-0.2, -0.15) is 5.10 Å². The molecular formula is C20H25ClN2O. The number of hydrazone groups is 1. The molecule has 24 heavy (non-hydrogen) atoms. The summed E-state index contributed by atoms with van der Waals surface area (Å²) in [7, 11) is 0. The third kappa shape index (κ3) is 2.77. The molecule has 4 saturated carbocycles. The normalized spacial score (nSPS) is 40.2. The first-order valence-corrected chi connectivity index (χ1v) is 9.27. The molecule has 0 saturated heterocycles. The minimum atomic E-state index is -0.208. The van der Waals surface area contributed by atoms with Crippen molar-refractivity contribution >= 4 is 23.7 Å². The summed E-state index contributed by atoms with van der Waals surface area (Å²) in [5.74, 6) is 0.830. The first-order valence-electron chi connectivity index (χ1n) is 8.89. The molecule has 4 aliphatic rings. The Hall–Kier alpha value is -1.35. The zero-order chi connectivity index (χ0) is 17.0. The van der Waals surface area contributed by atoms with E-state index in [1.54, 1.807) is 6.21 Å². The van der Waals surface area contributed by atoms with Crippen molar-refractivity contribution in [3.05, 3.63) is 34.9 Å². The highest BCUT2D eigenvalue weighted by Crippen LogP contribution is 2.69. The Balaban J connectivity index is 1.49. The van der Waals surface area contributed by atoms with E-state index in [9.17, 15) is 4.79 Å². The molecule has 0 radical (unpaired) electrons.